The monoisotopic (exact) mass is 500 g/mol. The molecular weight excluding hydrogens is 471 g/mol. The normalized spacial score (nSPS) is 10.9. The van der Waals surface area contributed by atoms with Crippen molar-refractivity contribution < 1.29 is 9.90 Å². The molecule has 0 aliphatic carbocycles. The van der Waals surface area contributed by atoms with E-state index in [-0.39, 0.29) is 35.6 Å². The summed E-state index contributed by atoms with van der Waals surface area (Å²) in [5, 5.41) is 22.9. The summed E-state index contributed by atoms with van der Waals surface area (Å²) in [6, 6.07) is 6.15. The molecule has 4 N–H and O–H groups in total. The van der Waals surface area contributed by atoms with Crippen molar-refractivity contribution in [3.8, 4) is 5.75 Å². The van der Waals surface area contributed by atoms with Crippen LogP contribution in [0.2, 0.25) is 0 Å². The summed E-state index contributed by atoms with van der Waals surface area (Å²) < 4.78 is 1.86. The first-order valence-corrected chi connectivity index (χ1v) is 9.00. The number of aromatic hydroxyl groups is 1. The van der Waals surface area contributed by atoms with Gasteiger partial charge in [0.25, 0.3) is 5.91 Å². The third-order valence-electron chi connectivity index (χ3n) is 4.23. The number of phenolic OH excluding ortho intramolecular Hbond substituents is 1. The number of nitrogens with one attached hydrogen (secondary N) is 3. The van der Waals surface area contributed by atoms with Gasteiger partial charge in [0.05, 0.1) is 12.2 Å². The van der Waals surface area contributed by atoms with Gasteiger partial charge in [-0.2, -0.15) is 5.10 Å². The zero-order chi connectivity index (χ0) is 19.8. The molecule has 1 amide bonds. The molecule has 0 atom stereocenters. The lowest BCUT2D eigenvalue weighted by Crippen LogP contribution is -2.41. The second kappa shape index (κ2) is 11.5. The van der Waals surface area contributed by atoms with Gasteiger partial charge in [0.15, 0.2) is 5.96 Å². The van der Waals surface area contributed by atoms with Gasteiger partial charge in [0.1, 0.15) is 5.75 Å². The number of carbonyl (C=O) groups is 1. The van der Waals surface area contributed by atoms with Gasteiger partial charge in [0, 0.05) is 43.5 Å². The largest absolute Gasteiger partial charge is 0.508 e. The summed E-state index contributed by atoms with van der Waals surface area (Å²) in [5.41, 5.74) is 3.72. The van der Waals surface area contributed by atoms with Gasteiger partial charge < -0.3 is 21.1 Å². The van der Waals surface area contributed by atoms with Crippen LogP contribution in [0.15, 0.2) is 29.3 Å². The van der Waals surface area contributed by atoms with Crippen molar-refractivity contribution in [3.63, 3.8) is 0 Å². The molecule has 2 aromatic rings. The predicted molar refractivity (Wildman–Crippen MR) is 121 cm³/mol. The number of rotatable bonds is 7. The molecule has 8 nitrogen and oxygen atoms in total. The lowest BCUT2D eigenvalue weighted by Gasteiger charge is -2.12. The summed E-state index contributed by atoms with van der Waals surface area (Å²) in [7, 11) is 1.93. The van der Waals surface area contributed by atoms with Crippen LogP contribution in [0, 0.1) is 13.8 Å². The Kier molecular flexibility index (Phi) is 9.77. The summed E-state index contributed by atoms with van der Waals surface area (Å²) in [4.78, 5) is 16.6. The van der Waals surface area contributed by atoms with Crippen LogP contribution in [0.3, 0.4) is 0 Å². The number of amides is 1. The van der Waals surface area contributed by atoms with Crippen LogP contribution in [0.1, 0.15) is 34.2 Å². The number of aromatic nitrogens is 2. The van der Waals surface area contributed by atoms with Gasteiger partial charge in [-0.1, -0.05) is 0 Å². The highest BCUT2D eigenvalue weighted by molar-refractivity contribution is 14.0. The molecule has 0 fully saturated rings. The molecule has 0 saturated carbocycles. The molecule has 0 aliphatic heterocycles. The van der Waals surface area contributed by atoms with E-state index in [0.29, 0.717) is 31.2 Å². The van der Waals surface area contributed by atoms with Crippen LogP contribution in [0.5, 0.6) is 5.75 Å². The van der Waals surface area contributed by atoms with E-state index < -0.39 is 0 Å². The van der Waals surface area contributed by atoms with Crippen molar-refractivity contribution in [3.05, 3.63) is 46.8 Å². The number of hydrogen-bond donors (Lipinski definition) is 4. The lowest BCUT2D eigenvalue weighted by atomic mass is 10.2. The molecule has 1 aromatic carbocycles. The molecule has 154 valence electrons. The second-order valence-corrected chi connectivity index (χ2v) is 6.20. The molecule has 0 radical (unpaired) electrons. The first-order valence-electron chi connectivity index (χ1n) is 9.00. The molecule has 0 spiro atoms. The van der Waals surface area contributed by atoms with Gasteiger partial charge in [0.2, 0.25) is 0 Å². The number of aliphatic imine (C=N–C) groups is 1. The zero-order valence-corrected chi connectivity index (χ0v) is 19.1. The molecule has 0 saturated heterocycles. The fourth-order valence-electron chi connectivity index (χ4n) is 2.62. The van der Waals surface area contributed by atoms with E-state index in [9.17, 15) is 9.90 Å². The van der Waals surface area contributed by atoms with Gasteiger partial charge >= 0.3 is 0 Å². The highest BCUT2D eigenvalue weighted by Gasteiger charge is 2.09. The molecule has 1 aromatic heterocycles. The number of aryl methyl sites for hydroxylation is 2. The first kappa shape index (κ1) is 23.7. The standard InChI is InChI=1S/C19H28N6O2.HI/c1-5-20-19(23-12-17-13(2)24-25(4)14(17)3)22-11-10-21-18(27)15-6-8-16(26)9-7-15;/h6-9,26H,5,10-12H2,1-4H3,(H,21,27)(H2,20,22,23);1H. The molecule has 0 bridgehead atoms. The smallest absolute Gasteiger partial charge is 0.251 e. The maximum absolute atomic E-state index is 12.0. The fourth-order valence-corrected chi connectivity index (χ4v) is 2.62. The predicted octanol–water partition coefficient (Wildman–Crippen LogP) is 1.85. The molecular formula is C19H29IN6O2. The van der Waals surface area contributed by atoms with Crippen LogP contribution in [0.25, 0.3) is 0 Å². The number of halogens is 1. The van der Waals surface area contributed by atoms with E-state index in [1.54, 1.807) is 12.1 Å². The van der Waals surface area contributed by atoms with Crippen LogP contribution in [0.4, 0.5) is 0 Å². The van der Waals surface area contributed by atoms with Crippen LogP contribution < -0.4 is 16.0 Å². The average Bonchev–Trinajstić information content (AvgIpc) is 2.88. The minimum absolute atomic E-state index is 0. The topological polar surface area (TPSA) is 104 Å². The summed E-state index contributed by atoms with van der Waals surface area (Å²) in [6.45, 7) is 8.30. The molecule has 0 unspecified atom stereocenters. The van der Waals surface area contributed by atoms with E-state index in [4.69, 9.17) is 0 Å². The zero-order valence-electron chi connectivity index (χ0n) is 16.7. The Morgan fingerprint density at radius 1 is 1.14 bits per heavy atom. The molecule has 9 heteroatoms. The van der Waals surface area contributed by atoms with Crippen molar-refractivity contribution in [2.24, 2.45) is 12.0 Å². The Morgan fingerprint density at radius 3 is 2.36 bits per heavy atom. The minimum atomic E-state index is -0.180. The average molecular weight is 500 g/mol. The molecule has 1 heterocycles. The number of guanidine groups is 1. The Balaban J connectivity index is 0.00000392. The number of phenols is 1. The van der Waals surface area contributed by atoms with Gasteiger partial charge in [-0.25, -0.2) is 4.99 Å². The van der Waals surface area contributed by atoms with Crippen LogP contribution in [-0.2, 0) is 13.6 Å². The maximum atomic E-state index is 12.0. The van der Waals surface area contributed by atoms with E-state index in [1.807, 2.05) is 32.5 Å². The Morgan fingerprint density at radius 2 is 1.79 bits per heavy atom. The van der Waals surface area contributed by atoms with Gasteiger partial charge in [-0.3, -0.25) is 9.48 Å². The first-order chi connectivity index (χ1) is 12.9. The van der Waals surface area contributed by atoms with Crippen LogP contribution >= 0.6 is 24.0 Å². The lowest BCUT2D eigenvalue weighted by molar-refractivity contribution is 0.0954. The molecule has 2 rings (SSSR count). The third kappa shape index (κ3) is 6.70. The van der Waals surface area contributed by atoms with Crippen molar-refractivity contribution in [2.45, 2.75) is 27.3 Å². The van der Waals surface area contributed by atoms with Crippen molar-refractivity contribution >= 4 is 35.8 Å². The SMILES string of the molecule is CCNC(=NCc1c(C)nn(C)c1C)NCCNC(=O)c1ccc(O)cc1.I. The van der Waals surface area contributed by atoms with Crippen molar-refractivity contribution in [2.75, 3.05) is 19.6 Å². The Bertz CT molecular complexity index is 802. The Labute approximate surface area is 182 Å². The molecule has 28 heavy (non-hydrogen) atoms. The number of benzene rings is 1. The minimum Gasteiger partial charge on any atom is -0.508 e. The van der Waals surface area contributed by atoms with Crippen molar-refractivity contribution in [1.82, 2.24) is 25.7 Å². The summed E-state index contributed by atoms with van der Waals surface area (Å²) in [6.07, 6.45) is 0. The number of hydrogen-bond acceptors (Lipinski definition) is 4. The highest BCUT2D eigenvalue weighted by Crippen LogP contribution is 2.12. The van der Waals surface area contributed by atoms with E-state index in [1.165, 1.54) is 12.1 Å². The van der Waals surface area contributed by atoms with E-state index in [2.05, 4.69) is 26.0 Å². The maximum Gasteiger partial charge on any atom is 0.251 e. The van der Waals surface area contributed by atoms with Crippen molar-refractivity contribution in [1.29, 1.82) is 0 Å². The highest BCUT2D eigenvalue weighted by atomic mass is 127. The van der Waals surface area contributed by atoms with E-state index >= 15 is 0 Å². The fraction of sp³-hybridized carbons (Fsp3) is 0.421. The third-order valence-corrected chi connectivity index (χ3v) is 4.23. The van der Waals surface area contributed by atoms with Crippen LogP contribution in [-0.4, -0.2) is 46.4 Å². The van der Waals surface area contributed by atoms with E-state index in [0.717, 1.165) is 23.5 Å². The van der Waals surface area contributed by atoms with Gasteiger partial charge in [-0.05, 0) is 45.0 Å². The summed E-state index contributed by atoms with van der Waals surface area (Å²) >= 11 is 0. The number of carbonyl (C=O) groups excluding carboxylic acids is 1. The molecule has 0 aliphatic rings. The second-order valence-electron chi connectivity index (χ2n) is 6.20. The Hall–Kier alpha value is -2.30. The van der Waals surface area contributed by atoms with Gasteiger partial charge in [-0.15, -0.1) is 24.0 Å². The summed E-state index contributed by atoms with van der Waals surface area (Å²) in [5.74, 6) is 0.651. The quantitative estimate of drug-likeness (QED) is 0.201. The number of nitrogens with zero attached hydrogens (tertiary/aromatic N) is 3.